The predicted octanol–water partition coefficient (Wildman–Crippen LogP) is 2.83. The summed E-state index contributed by atoms with van der Waals surface area (Å²) in [5, 5.41) is 3.49. The molecule has 2 aliphatic carbocycles. The van der Waals surface area contributed by atoms with Crippen molar-refractivity contribution in [2.24, 2.45) is 5.41 Å². The fourth-order valence-corrected chi connectivity index (χ4v) is 2.83. The molecule has 2 saturated carbocycles. The van der Waals surface area contributed by atoms with Gasteiger partial charge >= 0.3 is 0 Å². The third-order valence-electron chi connectivity index (χ3n) is 3.79. The highest BCUT2D eigenvalue weighted by molar-refractivity contribution is 5.36. The highest BCUT2D eigenvalue weighted by atomic mass is 15.0. The van der Waals surface area contributed by atoms with E-state index in [9.17, 15) is 0 Å². The van der Waals surface area contributed by atoms with E-state index < -0.39 is 0 Å². The first-order valence-electron chi connectivity index (χ1n) is 5.54. The molecule has 2 heteroatoms. The lowest BCUT2D eigenvalue weighted by Crippen LogP contribution is -2.49. The lowest BCUT2D eigenvalue weighted by atomic mass is 9.54. The van der Waals surface area contributed by atoms with Crippen LogP contribution in [-0.4, -0.2) is 11.0 Å². The topological polar surface area (TPSA) is 24.9 Å². The lowest BCUT2D eigenvalue weighted by molar-refractivity contribution is 0.0191. The van der Waals surface area contributed by atoms with Crippen molar-refractivity contribution in [3.05, 3.63) is 24.4 Å². The largest absolute Gasteiger partial charge is 0.367 e. The standard InChI is InChI=1S/C12H16N2/c1-2-7-13-11(4-1)14-10-8-12(9-10)5-3-6-12/h1-2,4,7,10H,3,5-6,8-9H2,(H,13,14). The molecule has 1 heterocycles. The van der Waals surface area contributed by atoms with Crippen LogP contribution >= 0.6 is 0 Å². The van der Waals surface area contributed by atoms with Crippen LogP contribution in [0.3, 0.4) is 0 Å². The van der Waals surface area contributed by atoms with E-state index in [0.717, 1.165) is 11.2 Å². The number of pyridine rings is 1. The Kier molecular flexibility index (Phi) is 1.76. The Balaban J connectivity index is 1.56. The van der Waals surface area contributed by atoms with Gasteiger partial charge in [-0.3, -0.25) is 0 Å². The fourth-order valence-electron chi connectivity index (χ4n) is 2.83. The molecule has 2 nitrogen and oxygen atoms in total. The van der Waals surface area contributed by atoms with Crippen LogP contribution in [0.2, 0.25) is 0 Å². The van der Waals surface area contributed by atoms with Crippen molar-refractivity contribution in [1.82, 2.24) is 4.98 Å². The molecule has 1 N–H and O–H groups in total. The normalized spacial score (nSPS) is 24.0. The van der Waals surface area contributed by atoms with Crippen molar-refractivity contribution < 1.29 is 0 Å². The molecule has 1 aromatic rings. The van der Waals surface area contributed by atoms with Gasteiger partial charge in [-0.2, -0.15) is 0 Å². The quantitative estimate of drug-likeness (QED) is 0.772. The number of aromatic nitrogens is 1. The molecule has 0 bridgehead atoms. The Labute approximate surface area is 84.7 Å². The molecule has 0 atom stereocenters. The van der Waals surface area contributed by atoms with Crippen molar-refractivity contribution in [1.29, 1.82) is 0 Å². The first-order valence-corrected chi connectivity index (χ1v) is 5.54. The second-order valence-electron chi connectivity index (χ2n) is 4.82. The van der Waals surface area contributed by atoms with Crippen molar-refractivity contribution in [2.45, 2.75) is 38.1 Å². The molecule has 2 aliphatic rings. The third-order valence-corrected chi connectivity index (χ3v) is 3.79. The Hall–Kier alpha value is -1.05. The van der Waals surface area contributed by atoms with E-state index in [-0.39, 0.29) is 0 Å². The number of hydrogen-bond donors (Lipinski definition) is 1. The molecule has 74 valence electrons. The van der Waals surface area contributed by atoms with E-state index in [2.05, 4.69) is 10.3 Å². The minimum absolute atomic E-state index is 0.685. The monoisotopic (exact) mass is 188 g/mol. The Morgan fingerprint density at radius 3 is 2.71 bits per heavy atom. The number of nitrogens with zero attached hydrogens (tertiary/aromatic N) is 1. The summed E-state index contributed by atoms with van der Waals surface area (Å²) >= 11 is 0. The minimum Gasteiger partial charge on any atom is -0.367 e. The van der Waals surface area contributed by atoms with Crippen LogP contribution in [0.4, 0.5) is 5.82 Å². The predicted molar refractivity (Wildman–Crippen MR) is 57.2 cm³/mol. The molecule has 0 aromatic carbocycles. The van der Waals surface area contributed by atoms with Gasteiger partial charge in [0.05, 0.1) is 0 Å². The van der Waals surface area contributed by atoms with Crippen LogP contribution in [0.15, 0.2) is 24.4 Å². The second-order valence-corrected chi connectivity index (χ2v) is 4.82. The van der Waals surface area contributed by atoms with Gasteiger partial charge in [-0.05, 0) is 43.2 Å². The zero-order chi connectivity index (χ0) is 9.43. The fraction of sp³-hybridized carbons (Fsp3) is 0.583. The van der Waals surface area contributed by atoms with Crippen LogP contribution in [0.5, 0.6) is 0 Å². The lowest BCUT2D eigenvalue weighted by Gasteiger charge is -2.54. The van der Waals surface area contributed by atoms with Crippen molar-refractivity contribution >= 4 is 5.82 Å². The molecular formula is C12H16N2. The van der Waals surface area contributed by atoms with Crippen LogP contribution in [0, 0.1) is 5.41 Å². The number of hydrogen-bond acceptors (Lipinski definition) is 2. The first-order chi connectivity index (χ1) is 6.86. The van der Waals surface area contributed by atoms with Crippen LogP contribution < -0.4 is 5.32 Å². The molecule has 0 aliphatic heterocycles. The number of nitrogens with one attached hydrogen (secondary N) is 1. The van der Waals surface area contributed by atoms with Gasteiger partial charge in [0, 0.05) is 12.2 Å². The molecule has 1 aromatic heterocycles. The molecule has 0 amide bonds. The Bertz CT molecular complexity index is 308. The summed E-state index contributed by atoms with van der Waals surface area (Å²) in [7, 11) is 0. The maximum Gasteiger partial charge on any atom is 0.126 e. The Morgan fingerprint density at radius 2 is 2.14 bits per heavy atom. The molecule has 2 fully saturated rings. The summed E-state index contributed by atoms with van der Waals surface area (Å²) in [6.45, 7) is 0. The average molecular weight is 188 g/mol. The van der Waals surface area contributed by atoms with Gasteiger partial charge in [-0.25, -0.2) is 4.98 Å². The van der Waals surface area contributed by atoms with Crippen LogP contribution in [-0.2, 0) is 0 Å². The van der Waals surface area contributed by atoms with Gasteiger partial charge in [0.1, 0.15) is 5.82 Å². The van der Waals surface area contributed by atoms with Crippen molar-refractivity contribution in [3.63, 3.8) is 0 Å². The van der Waals surface area contributed by atoms with E-state index in [1.165, 1.54) is 32.1 Å². The first kappa shape index (κ1) is 8.27. The zero-order valence-corrected chi connectivity index (χ0v) is 8.37. The molecule has 3 rings (SSSR count). The molecule has 14 heavy (non-hydrogen) atoms. The van der Waals surface area contributed by atoms with E-state index in [1.807, 2.05) is 24.4 Å². The summed E-state index contributed by atoms with van der Waals surface area (Å²) in [6, 6.07) is 6.73. The van der Waals surface area contributed by atoms with Gasteiger partial charge in [0.25, 0.3) is 0 Å². The molecule has 1 spiro atoms. The highest BCUT2D eigenvalue weighted by Gasteiger charge is 2.47. The van der Waals surface area contributed by atoms with E-state index >= 15 is 0 Å². The van der Waals surface area contributed by atoms with Crippen LogP contribution in [0.1, 0.15) is 32.1 Å². The zero-order valence-electron chi connectivity index (χ0n) is 8.37. The van der Waals surface area contributed by atoms with E-state index in [1.54, 1.807) is 0 Å². The minimum atomic E-state index is 0.685. The summed E-state index contributed by atoms with van der Waals surface area (Å²) < 4.78 is 0. The van der Waals surface area contributed by atoms with Gasteiger partial charge in [-0.1, -0.05) is 12.5 Å². The second kappa shape index (κ2) is 2.97. The summed E-state index contributed by atoms with van der Waals surface area (Å²) in [4.78, 5) is 4.28. The molecule has 0 radical (unpaired) electrons. The smallest absolute Gasteiger partial charge is 0.126 e. The SMILES string of the molecule is c1ccc(NC2CC3(CCC3)C2)nc1. The molecule has 0 saturated heterocycles. The highest BCUT2D eigenvalue weighted by Crippen LogP contribution is 2.56. The number of rotatable bonds is 2. The summed E-state index contributed by atoms with van der Waals surface area (Å²) in [5.41, 5.74) is 0.756. The van der Waals surface area contributed by atoms with E-state index in [4.69, 9.17) is 0 Å². The van der Waals surface area contributed by atoms with Crippen molar-refractivity contribution in [3.8, 4) is 0 Å². The average Bonchev–Trinajstić information content (AvgIpc) is 2.09. The maximum atomic E-state index is 4.28. The van der Waals surface area contributed by atoms with Gasteiger partial charge in [0.15, 0.2) is 0 Å². The third kappa shape index (κ3) is 1.29. The van der Waals surface area contributed by atoms with Crippen molar-refractivity contribution in [2.75, 3.05) is 5.32 Å². The summed E-state index contributed by atoms with van der Waals surface area (Å²) in [6.07, 6.45) is 8.96. The van der Waals surface area contributed by atoms with Gasteiger partial charge in [0.2, 0.25) is 0 Å². The Morgan fingerprint density at radius 1 is 1.29 bits per heavy atom. The van der Waals surface area contributed by atoms with Gasteiger partial charge < -0.3 is 5.32 Å². The van der Waals surface area contributed by atoms with Gasteiger partial charge in [-0.15, -0.1) is 0 Å². The molecular weight excluding hydrogens is 172 g/mol. The number of anilines is 1. The van der Waals surface area contributed by atoms with E-state index in [0.29, 0.717) is 6.04 Å². The maximum absolute atomic E-state index is 4.28. The summed E-state index contributed by atoms with van der Waals surface area (Å²) in [5.74, 6) is 1.03. The molecule has 0 unspecified atom stereocenters. The van der Waals surface area contributed by atoms with Crippen LogP contribution in [0.25, 0.3) is 0 Å².